The molecule has 0 bridgehead atoms. The van der Waals surface area contributed by atoms with Crippen LogP contribution >= 0.6 is 11.6 Å². The summed E-state index contributed by atoms with van der Waals surface area (Å²) in [6.45, 7) is 4.52. The Morgan fingerprint density at radius 1 is 1.47 bits per heavy atom. The highest BCUT2D eigenvalue weighted by Gasteiger charge is 2.08. The van der Waals surface area contributed by atoms with Crippen LogP contribution in [0.2, 0.25) is 5.02 Å². The number of halogens is 1. The lowest BCUT2D eigenvalue weighted by molar-refractivity contribution is -0.115. The van der Waals surface area contributed by atoms with E-state index < -0.39 is 10.8 Å². The van der Waals surface area contributed by atoms with E-state index in [2.05, 4.69) is 10.6 Å². The number of hydrogen-bond acceptors (Lipinski definition) is 3. The van der Waals surface area contributed by atoms with Crippen LogP contribution in [-0.4, -0.2) is 34.7 Å². The van der Waals surface area contributed by atoms with Crippen molar-refractivity contribution < 1.29 is 9.00 Å². The molecule has 19 heavy (non-hydrogen) atoms. The molecule has 2 N–H and O–H groups in total. The minimum atomic E-state index is -0.881. The smallest absolute Gasteiger partial charge is 0.238 e. The molecule has 0 fully saturated rings. The summed E-state index contributed by atoms with van der Waals surface area (Å²) >= 11 is 5.88. The van der Waals surface area contributed by atoms with E-state index in [1.54, 1.807) is 18.4 Å². The molecular weight excluding hydrogens is 284 g/mol. The fraction of sp³-hybridized carbons (Fsp3) is 0.462. The van der Waals surface area contributed by atoms with Gasteiger partial charge >= 0.3 is 0 Å². The molecule has 1 rings (SSSR count). The average Bonchev–Trinajstić information content (AvgIpc) is 2.33. The minimum Gasteiger partial charge on any atom is -0.325 e. The van der Waals surface area contributed by atoms with Gasteiger partial charge in [0.1, 0.15) is 0 Å². The number of rotatable bonds is 6. The zero-order valence-corrected chi connectivity index (χ0v) is 12.9. The first-order valence-corrected chi connectivity index (χ1v) is 7.99. The van der Waals surface area contributed by atoms with Gasteiger partial charge in [-0.25, -0.2) is 0 Å². The summed E-state index contributed by atoms with van der Waals surface area (Å²) < 4.78 is 11.1. The van der Waals surface area contributed by atoms with Crippen LogP contribution in [0, 0.1) is 6.92 Å². The molecule has 4 nitrogen and oxygen atoms in total. The monoisotopic (exact) mass is 302 g/mol. The van der Waals surface area contributed by atoms with Gasteiger partial charge in [0.2, 0.25) is 5.91 Å². The number of benzene rings is 1. The van der Waals surface area contributed by atoms with Crippen LogP contribution < -0.4 is 10.6 Å². The molecule has 0 aromatic heterocycles. The van der Waals surface area contributed by atoms with Gasteiger partial charge in [-0.15, -0.1) is 0 Å². The lowest BCUT2D eigenvalue weighted by Crippen LogP contribution is -2.34. The topological polar surface area (TPSA) is 58.2 Å². The second-order valence-electron chi connectivity index (χ2n) is 4.45. The van der Waals surface area contributed by atoms with Crippen molar-refractivity contribution in [1.82, 2.24) is 5.32 Å². The van der Waals surface area contributed by atoms with Crippen molar-refractivity contribution in [2.75, 3.05) is 24.7 Å². The van der Waals surface area contributed by atoms with Gasteiger partial charge in [0, 0.05) is 39.6 Å². The molecule has 0 aliphatic heterocycles. The predicted octanol–water partition coefficient (Wildman–Crippen LogP) is 1.94. The van der Waals surface area contributed by atoms with Crippen molar-refractivity contribution in [3.63, 3.8) is 0 Å². The first-order valence-electron chi connectivity index (χ1n) is 5.99. The summed E-state index contributed by atoms with van der Waals surface area (Å²) in [5.41, 5.74) is 1.67. The van der Waals surface area contributed by atoms with Crippen LogP contribution in [0.15, 0.2) is 18.2 Å². The Labute approximate surface area is 121 Å². The number of hydrogen-bond donors (Lipinski definition) is 2. The highest BCUT2D eigenvalue weighted by Crippen LogP contribution is 2.19. The van der Waals surface area contributed by atoms with Gasteiger partial charge in [-0.2, -0.15) is 0 Å². The molecule has 0 aliphatic rings. The fourth-order valence-corrected chi connectivity index (χ4v) is 1.95. The van der Waals surface area contributed by atoms with Gasteiger partial charge in [0.05, 0.1) is 6.54 Å². The first kappa shape index (κ1) is 16.1. The van der Waals surface area contributed by atoms with Crippen LogP contribution in [0.3, 0.4) is 0 Å². The van der Waals surface area contributed by atoms with Crippen molar-refractivity contribution in [1.29, 1.82) is 0 Å². The summed E-state index contributed by atoms with van der Waals surface area (Å²) in [5, 5.41) is 6.39. The number of anilines is 1. The van der Waals surface area contributed by atoms with Crippen molar-refractivity contribution in [3.05, 3.63) is 28.8 Å². The van der Waals surface area contributed by atoms with E-state index in [4.69, 9.17) is 11.6 Å². The summed E-state index contributed by atoms with van der Waals surface area (Å²) in [5.74, 6) is -0.139. The molecule has 0 saturated heterocycles. The number of carbonyl (C=O) groups excluding carboxylic acids is 1. The Morgan fingerprint density at radius 2 is 2.16 bits per heavy atom. The van der Waals surface area contributed by atoms with Crippen LogP contribution in [0.25, 0.3) is 0 Å². The summed E-state index contributed by atoms with van der Waals surface area (Å²) in [4.78, 5) is 11.7. The van der Waals surface area contributed by atoms with Crippen molar-refractivity contribution >= 4 is 34.0 Å². The van der Waals surface area contributed by atoms with Gasteiger partial charge in [-0.3, -0.25) is 9.00 Å². The molecule has 0 saturated carbocycles. The molecule has 6 heteroatoms. The molecule has 1 aromatic carbocycles. The molecule has 106 valence electrons. The second kappa shape index (κ2) is 7.62. The number of nitrogens with one attached hydrogen (secondary N) is 2. The molecule has 2 unspecified atom stereocenters. The lowest BCUT2D eigenvalue weighted by Gasteiger charge is -2.11. The molecule has 0 heterocycles. The normalized spacial score (nSPS) is 13.9. The minimum absolute atomic E-state index is 0.0284. The standard InChI is InChI=1S/C13H19ClN2O2S/c1-9-4-5-11(14)6-12(9)16-13(17)8-15-7-10(2)19(3)18/h4-6,10,15H,7-8H2,1-3H3,(H,16,17). The maximum absolute atomic E-state index is 11.7. The quantitative estimate of drug-likeness (QED) is 0.844. The van der Waals surface area contributed by atoms with Crippen LogP contribution in [0.5, 0.6) is 0 Å². The molecular formula is C13H19ClN2O2S. The Bertz CT molecular complexity index is 480. The van der Waals surface area contributed by atoms with Gasteiger partial charge in [-0.05, 0) is 31.5 Å². The Hall–Kier alpha value is -0.910. The van der Waals surface area contributed by atoms with E-state index in [0.717, 1.165) is 5.56 Å². The second-order valence-corrected chi connectivity index (χ2v) is 6.69. The number of aryl methyl sites for hydroxylation is 1. The number of carbonyl (C=O) groups is 1. The highest BCUT2D eigenvalue weighted by atomic mass is 35.5. The molecule has 2 atom stereocenters. The molecule has 0 aliphatic carbocycles. The zero-order chi connectivity index (χ0) is 14.4. The van der Waals surface area contributed by atoms with E-state index in [9.17, 15) is 9.00 Å². The van der Waals surface area contributed by atoms with Crippen molar-refractivity contribution in [2.45, 2.75) is 19.1 Å². The third-order valence-corrected chi connectivity index (χ3v) is 4.29. The molecule has 0 radical (unpaired) electrons. The summed E-state index contributed by atoms with van der Waals surface area (Å²) in [7, 11) is -0.881. The average molecular weight is 303 g/mol. The Kier molecular flexibility index (Phi) is 6.48. The third-order valence-electron chi connectivity index (χ3n) is 2.76. The van der Waals surface area contributed by atoms with E-state index >= 15 is 0 Å². The van der Waals surface area contributed by atoms with Crippen LogP contribution in [0.4, 0.5) is 5.69 Å². The lowest BCUT2D eigenvalue weighted by atomic mass is 10.2. The molecule has 1 aromatic rings. The third kappa shape index (κ3) is 5.72. The highest BCUT2D eigenvalue weighted by molar-refractivity contribution is 7.84. The van der Waals surface area contributed by atoms with Crippen molar-refractivity contribution in [2.24, 2.45) is 0 Å². The Balaban J connectivity index is 2.43. The number of amides is 1. The first-order chi connectivity index (χ1) is 8.90. The summed E-state index contributed by atoms with van der Waals surface area (Å²) in [6, 6.07) is 5.36. The SMILES string of the molecule is Cc1ccc(Cl)cc1NC(=O)CNCC(C)S(C)=O. The molecule has 0 spiro atoms. The van der Waals surface area contributed by atoms with E-state index in [1.807, 2.05) is 19.9 Å². The van der Waals surface area contributed by atoms with Gasteiger partial charge in [-0.1, -0.05) is 17.7 Å². The van der Waals surface area contributed by atoms with Gasteiger partial charge in [0.15, 0.2) is 0 Å². The van der Waals surface area contributed by atoms with Crippen LogP contribution in [-0.2, 0) is 15.6 Å². The van der Waals surface area contributed by atoms with Gasteiger partial charge in [0.25, 0.3) is 0 Å². The van der Waals surface area contributed by atoms with E-state index in [0.29, 0.717) is 17.3 Å². The van der Waals surface area contributed by atoms with Crippen LogP contribution in [0.1, 0.15) is 12.5 Å². The van der Waals surface area contributed by atoms with Crippen molar-refractivity contribution in [3.8, 4) is 0 Å². The van der Waals surface area contributed by atoms with E-state index in [1.165, 1.54) is 0 Å². The maximum Gasteiger partial charge on any atom is 0.238 e. The predicted molar refractivity (Wildman–Crippen MR) is 81.2 cm³/mol. The van der Waals surface area contributed by atoms with Gasteiger partial charge < -0.3 is 10.6 Å². The largest absolute Gasteiger partial charge is 0.325 e. The Morgan fingerprint density at radius 3 is 2.79 bits per heavy atom. The van der Waals surface area contributed by atoms with E-state index in [-0.39, 0.29) is 17.7 Å². The zero-order valence-electron chi connectivity index (χ0n) is 11.3. The fourth-order valence-electron chi connectivity index (χ4n) is 1.43. The summed E-state index contributed by atoms with van der Waals surface area (Å²) in [6.07, 6.45) is 1.65. The molecule has 1 amide bonds. The maximum atomic E-state index is 11.7.